The smallest absolute Gasteiger partial charge is 0.326 e. The van der Waals surface area contributed by atoms with Crippen molar-refractivity contribution in [3.8, 4) is 0 Å². The second-order valence-corrected chi connectivity index (χ2v) is 10.5. The maximum absolute atomic E-state index is 13.5. The first-order valence-corrected chi connectivity index (χ1v) is 14.5. The summed E-state index contributed by atoms with van der Waals surface area (Å²) in [6.07, 6.45) is 3.23. The second kappa shape index (κ2) is 16.8. The molecular formula is C26H38N8O7S. The summed E-state index contributed by atoms with van der Waals surface area (Å²) < 4.78 is 0. The number of carboxylic acid groups (broad SMARTS) is 2. The molecule has 0 bridgehead atoms. The topological polar surface area (TPSA) is 268 Å². The molecule has 42 heavy (non-hydrogen) atoms. The monoisotopic (exact) mass is 606 g/mol. The lowest BCUT2D eigenvalue weighted by atomic mass is 10.0. The molecule has 0 fully saturated rings. The first kappa shape index (κ1) is 33.9. The maximum atomic E-state index is 13.5. The number of benzene rings is 1. The van der Waals surface area contributed by atoms with Crippen LogP contribution < -0.4 is 33.2 Å². The molecule has 0 saturated carbocycles. The van der Waals surface area contributed by atoms with Gasteiger partial charge in [0.05, 0.1) is 12.5 Å². The highest BCUT2D eigenvalue weighted by Gasteiger charge is 2.32. The highest BCUT2D eigenvalue weighted by Crippen LogP contribution is 2.19. The predicted molar refractivity (Wildman–Crippen MR) is 159 cm³/mol. The summed E-state index contributed by atoms with van der Waals surface area (Å²) in [4.78, 5) is 69.4. The van der Waals surface area contributed by atoms with Crippen LogP contribution >= 0.6 is 11.8 Å². The van der Waals surface area contributed by atoms with Gasteiger partial charge in [0.15, 0.2) is 5.96 Å². The number of carbonyl (C=O) groups excluding carboxylic acids is 3. The molecule has 2 rings (SSSR count). The number of rotatable bonds is 18. The number of aliphatic carboxylic acids is 2. The fourth-order valence-corrected chi connectivity index (χ4v) is 4.56. The summed E-state index contributed by atoms with van der Waals surface area (Å²) in [5.41, 5.74) is 18.0. The molecule has 0 saturated heterocycles. The molecule has 1 aromatic carbocycles. The van der Waals surface area contributed by atoms with Gasteiger partial charge >= 0.3 is 11.9 Å². The number of thioether (sulfide) groups is 1. The van der Waals surface area contributed by atoms with E-state index in [0.717, 1.165) is 10.9 Å². The van der Waals surface area contributed by atoms with E-state index in [1.165, 1.54) is 11.8 Å². The molecule has 2 aromatic rings. The molecule has 15 nitrogen and oxygen atoms in total. The number of guanidine groups is 1. The van der Waals surface area contributed by atoms with Crippen molar-refractivity contribution in [1.82, 2.24) is 20.9 Å². The number of nitrogens with two attached hydrogens (primary N) is 3. The zero-order valence-corrected chi connectivity index (χ0v) is 24.0. The van der Waals surface area contributed by atoms with Gasteiger partial charge in [-0.25, -0.2) is 4.79 Å². The third-order valence-corrected chi connectivity index (χ3v) is 6.92. The summed E-state index contributed by atoms with van der Waals surface area (Å²) in [5, 5.41) is 27.0. The Morgan fingerprint density at radius 2 is 1.60 bits per heavy atom. The zero-order chi connectivity index (χ0) is 31.2. The van der Waals surface area contributed by atoms with Crippen molar-refractivity contribution < 1.29 is 34.2 Å². The fourth-order valence-electron chi connectivity index (χ4n) is 4.07. The van der Waals surface area contributed by atoms with E-state index in [-0.39, 0.29) is 31.8 Å². The van der Waals surface area contributed by atoms with E-state index >= 15 is 0 Å². The highest BCUT2D eigenvalue weighted by atomic mass is 32.2. The number of carboxylic acids is 2. The fraction of sp³-hybridized carbons (Fsp3) is 0.462. The summed E-state index contributed by atoms with van der Waals surface area (Å²) in [6, 6.07) is 2.17. The van der Waals surface area contributed by atoms with Gasteiger partial charge in [0.1, 0.15) is 18.1 Å². The largest absolute Gasteiger partial charge is 0.481 e. The van der Waals surface area contributed by atoms with E-state index in [2.05, 4.69) is 25.9 Å². The summed E-state index contributed by atoms with van der Waals surface area (Å²) >= 11 is 1.51. The standard InChI is InChI=1S/C26H38N8O7S/c1-42-10-8-16(27)22(37)33-19(11-14-13-31-17-6-3-2-5-15(14)17)23(38)34-20(12-21(35)36)24(39)32-18(25(40)41)7-4-9-30-26(28)29/h2-3,5-6,13,16,18-20,31H,4,7-12,27H2,1H3,(H,32,39)(H,33,37)(H,34,38)(H,35,36)(H,40,41)(H4,28,29,30). The number of hydrogen-bond acceptors (Lipinski definition) is 8. The number of amides is 3. The third kappa shape index (κ3) is 10.9. The van der Waals surface area contributed by atoms with Crippen LogP contribution in [0.1, 0.15) is 31.2 Å². The molecule has 4 atom stereocenters. The van der Waals surface area contributed by atoms with Crippen LogP contribution in [0, 0.1) is 0 Å². The van der Waals surface area contributed by atoms with Crippen LogP contribution in [0.25, 0.3) is 10.9 Å². The van der Waals surface area contributed by atoms with E-state index in [0.29, 0.717) is 17.7 Å². The Labute approximate surface area is 246 Å². The number of fused-ring (bicyclic) bond motifs is 1. The summed E-state index contributed by atoms with van der Waals surface area (Å²) in [5.74, 6) is -4.78. The van der Waals surface area contributed by atoms with Gasteiger partial charge in [-0.15, -0.1) is 0 Å². The van der Waals surface area contributed by atoms with Gasteiger partial charge in [-0.1, -0.05) is 18.2 Å². The van der Waals surface area contributed by atoms with Crippen molar-refractivity contribution in [1.29, 1.82) is 0 Å². The second-order valence-electron chi connectivity index (χ2n) is 9.52. The molecule has 0 aliphatic carbocycles. The molecule has 0 aliphatic rings. The van der Waals surface area contributed by atoms with Gasteiger partial charge < -0.3 is 48.3 Å². The number of nitrogens with one attached hydrogen (secondary N) is 4. The van der Waals surface area contributed by atoms with Crippen molar-refractivity contribution in [3.63, 3.8) is 0 Å². The Hall–Kier alpha value is -4.31. The number of aliphatic imine (C=N–C) groups is 1. The number of hydrogen-bond donors (Lipinski definition) is 9. The number of carbonyl (C=O) groups is 5. The highest BCUT2D eigenvalue weighted by molar-refractivity contribution is 7.98. The summed E-state index contributed by atoms with van der Waals surface area (Å²) in [6.45, 7) is 0.117. The average molecular weight is 607 g/mol. The molecule has 1 heterocycles. The van der Waals surface area contributed by atoms with Crippen LogP contribution in [-0.2, 0) is 30.4 Å². The van der Waals surface area contributed by atoms with Gasteiger partial charge in [-0.05, 0) is 42.9 Å². The molecule has 0 aliphatic heterocycles. The van der Waals surface area contributed by atoms with Gasteiger partial charge in [0.25, 0.3) is 0 Å². The molecule has 12 N–H and O–H groups in total. The van der Waals surface area contributed by atoms with Crippen molar-refractivity contribution in [2.45, 2.75) is 56.3 Å². The first-order valence-electron chi connectivity index (χ1n) is 13.1. The predicted octanol–water partition coefficient (Wildman–Crippen LogP) is -1.14. The molecule has 3 amide bonds. The van der Waals surface area contributed by atoms with Crippen LogP contribution in [0.5, 0.6) is 0 Å². The molecule has 0 radical (unpaired) electrons. The maximum Gasteiger partial charge on any atom is 0.326 e. The third-order valence-electron chi connectivity index (χ3n) is 6.27. The lowest BCUT2D eigenvalue weighted by Gasteiger charge is -2.24. The Morgan fingerprint density at radius 1 is 0.952 bits per heavy atom. The van der Waals surface area contributed by atoms with E-state index in [1.54, 1.807) is 6.20 Å². The minimum Gasteiger partial charge on any atom is -0.481 e. The lowest BCUT2D eigenvalue weighted by molar-refractivity contribution is -0.143. The SMILES string of the molecule is CSCCC(N)C(=O)NC(Cc1c[nH]c2ccccc12)C(=O)NC(CC(=O)O)C(=O)NC(CCCN=C(N)N)C(=O)O. The van der Waals surface area contributed by atoms with Gasteiger partial charge in [-0.3, -0.25) is 24.2 Å². The number of aromatic amines is 1. The van der Waals surface area contributed by atoms with Gasteiger partial charge in [0.2, 0.25) is 17.7 Å². The molecule has 4 unspecified atom stereocenters. The van der Waals surface area contributed by atoms with Gasteiger partial charge in [-0.2, -0.15) is 11.8 Å². The van der Waals surface area contributed by atoms with Gasteiger partial charge in [0, 0.05) is 30.1 Å². The minimum atomic E-state index is -1.64. The van der Waals surface area contributed by atoms with Crippen LogP contribution in [0.3, 0.4) is 0 Å². The van der Waals surface area contributed by atoms with Crippen LogP contribution in [0.15, 0.2) is 35.5 Å². The van der Waals surface area contributed by atoms with Crippen molar-refractivity contribution in [2.24, 2.45) is 22.2 Å². The average Bonchev–Trinajstić information content (AvgIpc) is 3.34. The molecule has 16 heteroatoms. The Bertz CT molecular complexity index is 1280. The lowest BCUT2D eigenvalue weighted by Crippen LogP contribution is -2.58. The van der Waals surface area contributed by atoms with Crippen LogP contribution in [0.4, 0.5) is 0 Å². The van der Waals surface area contributed by atoms with Crippen molar-refractivity contribution in [3.05, 3.63) is 36.0 Å². The van der Waals surface area contributed by atoms with E-state index in [1.807, 2.05) is 30.5 Å². The van der Waals surface area contributed by atoms with E-state index in [9.17, 15) is 34.2 Å². The molecule has 230 valence electrons. The molecule has 1 aromatic heterocycles. The normalized spacial score (nSPS) is 13.8. The summed E-state index contributed by atoms with van der Waals surface area (Å²) in [7, 11) is 0. The zero-order valence-electron chi connectivity index (χ0n) is 23.2. The van der Waals surface area contributed by atoms with Crippen LogP contribution in [0.2, 0.25) is 0 Å². The number of para-hydroxylation sites is 1. The van der Waals surface area contributed by atoms with E-state index in [4.69, 9.17) is 17.2 Å². The first-order chi connectivity index (χ1) is 19.9. The van der Waals surface area contributed by atoms with Crippen LogP contribution in [-0.4, -0.2) is 93.5 Å². The Morgan fingerprint density at radius 3 is 2.24 bits per heavy atom. The molecular weight excluding hydrogens is 568 g/mol. The minimum absolute atomic E-state index is 0.000781. The number of nitrogens with zero attached hydrogens (tertiary/aromatic N) is 1. The van der Waals surface area contributed by atoms with Crippen molar-refractivity contribution >= 4 is 58.3 Å². The quantitative estimate of drug-likeness (QED) is 0.0556. The number of aromatic nitrogens is 1. The van der Waals surface area contributed by atoms with E-state index < -0.39 is 60.2 Å². The number of H-pyrrole nitrogens is 1. The van der Waals surface area contributed by atoms with Crippen molar-refractivity contribution in [2.75, 3.05) is 18.6 Å². The Balaban J connectivity index is 2.25. The Kier molecular flexibility index (Phi) is 13.6. The molecule has 0 spiro atoms.